The van der Waals surface area contributed by atoms with Gasteiger partial charge in [-0.2, -0.15) is 15.0 Å². The van der Waals surface area contributed by atoms with Crippen LogP contribution in [0.15, 0.2) is 15.5 Å². The lowest BCUT2D eigenvalue weighted by Crippen LogP contribution is -2.01. The average Bonchev–Trinajstić information content (AvgIpc) is 2.46. The number of rotatable bonds is 11. The maximum Gasteiger partial charge on any atom is 0.192 e. The lowest BCUT2D eigenvalue weighted by Gasteiger charge is -2.06. The Labute approximate surface area is 133 Å². The van der Waals surface area contributed by atoms with Gasteiger partial charge in [0.1, 0.15) is 0 Å². The van der Waals surface area contributed by atoms with E-state index in [0.29, 0.717) is 13.2 Å². The maximum atomic E-state index is 5.05. The Balaban J connectivity index is 2.67. The van der Waals surface area contributed by atoms with Gasteiger partial charge in [0.2, 0.25) is 0 Å². The Hall–Kier alpha value is -0.0200. The molecule has 8 heteroatoms. The molecule has 0 aliphatic heterocycles. The molecule has 0 saturated carbocycles. The van der Waals surface area contributed by atoms with Crippen molar-refractivity contribution in [3.63, 3.8) is 0 Å². The van der Waals surface area contributed by atoms with E-state index in [1.54, 1.807) is 49.5 Å². The Bertz CT molecular complexity index is 355. The Kier molecular flexibility index (Phi) is 10.5. The van der Waals surface area contributed by atoms with Crippen LogP contribution >= 0.6 is 35.3 Å². The van der Waals surface area contributed by atoms with E-state index in [9.17, 15) is 0 Å². The molecule has 0 unspecified atom stereocenters. The van der Waals surface area contributed by atoms with Crippen molar-refractivity contribution in [2.24, 2.45) is 0 Å². The van der Waals surface area contributed by atoms with Crippen LogP contribution in [0.1, 0.15) is 13.3 Å². The molecule has 0 N–H and O–H groups in total. The third-order valence-electron chi connectivity index (χ3n) is 2.05. The average molecular weight is 336 g/mol. The van der Waals surface area contributed by atoms with E-state index in [2.05, 4.69) is 21.9 Å². The Morgan fingerprint density at radius 1 is 0.750 bits per heavy atom. The van der Waals surface area contributed by atoms with Crippen LogP contribution in [0.3, 0.4) is 0 Å². The second-order valence-electron chi connectivity index (χ2n) is 3.71. The van der Waals surface area contributed by atoms with Crippen molar-refractivity contribution in [2.45, 2.75) is 28.8 Å². The van der Waals surface area contributed by atoms with Crippen molar-refractivity contribution in [1.29, 1.82) is 0 Å². The molecule has 0 radical (unpaired) electrons. The van der Waals surface area contributed by atoms with Gasteiger partial charge in [-0.25, -0.2) is 0 Å². The molecule has 1 heterocycles. The summed E-state index contributed by atoms with van der Waals surface area (Å²) in [5.41, 5.74) is 0. The van der Waals surface area contributed by atoms with Gasteiger partial charge in [0.25, 0.3) is 0 Å². The van der Waals surface area contributed by atoms with Gasteiger partial charge < -0.3 is 9.47 Å². The molecule has 0 aromatic carbocycles. The molecule has 0 aliphatic rings. The zero-order valence-corrected chi connectivity index (χ0v) is 14.6. The van der Waals surface area contributed by atoms with Gasteiger partial charge in [0.15, 0.2) is 15.5 Å². The van der Waals surface area contributed by atoms with Gasteiger partial charge >= 0.3 is 0 Å². The third kappa shape index (κ3) is 7.68. The molecule has 0 fully saturated rings. The summed E-state index contributed by atoms with van der Waals surface area (Å²) < 4.78 is 10.1. The first-order chi connectivity index (χ1) is 9.80. The first-order valence-corrected chi connectivity index (χ1v) is 9.38. The summed E-state index contributed by atoms with van der Waals surface area (Å²) in [5.74, 6) is 2.72. The molecule has 1 aromatic heterocycles. The molecular formula is C12H21N3O2S3. The summed E-state index contributed by atoms with van der Waals surface area (Å²) >= 11 is 4.88. The number of ether oxygens (including phenoxy) is 2. The van der Waals surface area contributed by atoms with Crippen LogP contribution in [-0.4, -0.2) is 59.6 Å². The van der Waals surface area contributed by atoms with Gasteiger partial charge in [-0.1, -0.05) is 42.2 Å². The van der Waals surface area contributed by atoms with Crippen LogP contribution in [-0.2, 0) is 9.47 Å². The first-order valence-electron chi connectivity index (χ1n) is 6.42. The molecule has 0 amide bonds. The Morgan fingerprint density at radius 2 is 1.15 bits per heavy atom. The molecule has 0 bridgehead atoms. The SMILES string of the molecule is CCCSc1nc(SCCOC)nc(SCCOC)n1. The number of hydrogen-bond donors (Lipinski definition) is 0. The van der Waals surface area contributed by atoms with Crippen molar-refractivity contribution in [1.82, 2.24) is 15.0 Å². The molecular weight excluding hydrogens is 314 g/mol. The highest BCUT2D eigenvalue weighted by Crippen LogP contribution is 2.23. The zero-order valence-electron chi connectivity index (χ0n) is 12.1. The molecule has 0 atom stereocenters. The number of thioether (sulfide) groups is 3. The zero-order chi connectivity index (χ0) is 14.6. The summed E-state index contributed by atoms with van der Waals surface area (Å²) in [4.78, 5) is 13.4. The van der Waals surface area contributed by atoms with Gasteiger partial charge in [-0.15, -0.1) is 0 Å². The van der Waals surface area contributed by atoms with Crippen LogP contribution in [0.5, 0.6) is 0 Å². The van der Waals surface area contributed by atoms with E-state index >= 15 is 0 Å². The van der Waals surface area contributed by atoms with Crippen molar-refractivity contribution >= 4 is 35.3 Å². The highest BCUT2D eigenvalue weighted by atomic mass is 32.2. The summed E-state index contributed by atoms with van der Waals surface area (Å²) in [6.45, 7) is 3.54. The molecule has 114 valence electrons. The van der Waals surface area contributed by atoms with Crippen molar-refractivity contribution in [3.8, 4) is 0 Å². The van der Waals surface area contributed by atoms with E-state index in [1.165, 1.54) is 0 Å². The van der Waals surface area contributed by atoms with Crippen LogP contribution in [0.4, 0.5) is 0 Å². The standard InChI is InChI=1S/C12H21N3O2S3/c1-4-7-18-10-13-11(19-8-5-16-2)15-12(14-10)20-9-6-17-3/h4-9H2,1-3H3. The summed E-state index contributed by atoms with van der Waals surface area (Å²) in [7, 11) is 3.39. The predicted molar refractivity (Wildman–Crippen MR) is 86.0 cm³/mol. The van der Waals surface area contributed by atoms with E-state index < -0.39 is 0 Å². The largest absolute Gasteiger partial charge is 0.384 e. The van der Waals surface area contributed by atoms with Crippen molar-refractivity contribution < 1.29 is 9.47 Å². The molecule has 0 aliphatic carbocycles. The molecule has 5 nitrogen and oxygen atoms in total. The number of methoxy groups -OCH3 is 2. The van der Waals surface area contributed by atoms with Crippen LogP contribution in [0, 0.1) is 0 Å². The minimum absolute atomic E-state index is 0.694. The van der Waals surface area contributed by atoms with Gasteiger partial charge in [-0.3, -0.25) is 0 Å². The predicted octanol–water partition coefficient (Wildman–Crippen LogP) is 2.85. The molecule has 0 saturated heterocycles. The quantitative estimate of drug-likeness (QED) is 0.452. The van der Waals surface area contributed by atoms with Crippen molar-refractivity contribution in [3.05, 3.63) is 0 Å². The van der Waals surface area contributed by atoms with E-state index in [4.69, 9.17) is 9.47 Å². The highest BCUT2D eigenvalue weighted by molar-refractivity contribution is 8.00. The highest BCUT2D eigenvalue weighted by Gasteiger charge is 2.08. The smallest absolute Gasteiger partial charge is 0.192 e. The molecule has 0 spiro atoms. The summed E-state index contributed by atoms with van der Waals surface area (Å²) in [5, 5.41) is 2.35. The number of hydrogen-bond acceptors (Lipinski definition) is 8. The number of nitrogens with zero attached hydrogens (tertiary/aromatic N) is 3. The van der Waals surface area contributed by atoms with E-state index in [0.717, 1.165) is 39.1 Å². The first kappa shape index (κ1) is 18.0. The van der Waals surface area contributed by atoms with E-state index in [-0.39, 0.29) is 0 Å². The second-order valence-corrected chi connectivity index (χ2v) is 6.90. The Morgan fingerprint density at radius 3 is 1.50 bits per heavy atom. The minimum atomic E-state index is 0.694. The fraction of sp³-hybridized carbons (Fsp3) is 0.750. The van der Waals surface area contributed by atoms with Gasteiger partial charge in [0, 0.05) is 31.5 Å². The van der Waals surface area contributed by atoms with Crippen molar-refractivity contribution in [2.75, 3.05) is 44.7 Å². The number of aromatic nitrogens is 3. The van der Waals surface area contributed by atoms with Gasteiger partial charge in [-0.05, 0) is 6.42 Å². The lowest BCUT2D eigenvalue weighted by molar-refractivity contribution is 0.218. The van der Waals surface area contributed by atoms with Crippen LogP contribution in [0.2, 0.25) is 0 Å². The monoisotopic (exact) mass is 335 g/mol. The van der Waals surface area contributed by atoms with Gasteiger partial charge in [0.05, 0.1) is 13.2 Å². The minimum Gasteiger partial charge on any atom is -0.384 e. The summed E-state index contributed by atoms with van der Waals surface area (Å²) in [6.07, 6.45) is 1.11. The fourth-order valence-electron chi connectivity index (χ4n) is 1.14. The molecule has 1 aromatic rings. The molecule has 20 heavy (non-hydrogen) atoms. The topological polar surface area (TPSA) is 57.1 Å². The lowest BCUT2D eigenvalue weighted by atomic mass is 10.6. The second kappa shape index (κ2) is 11.6. The molecule has 1 rings (SSSR count). The van der Waals surface area contributed by atoms with E-state index in [1.807, 2.05) is 0 Å². The summed E-state index contributed by atoms with van der Waals surface area (Å²) in [6, 6.07) is 0. The maximum absolute atomic E-state index is 5.05. The van der Waals surface area contributed by atoms with Crippen LogP contribution < -0.4 is 0 Å². The van der Waals surface area contributed by atoms with Crippen LogP contribution in [0.25, 0.3) is 0 Å². The normalized spacial score (nSPS) is 10.9. The fourth-order valence-corrected chi connectivity index (χ4v) is 3.47. The third-order valence-corrected chi connectivity index (χ3v) is 4.72.